The van der Waals surface area contributed by atoms with Gasteiger partial charge in [0.1, 0.15) is 11.5 Å². The molecule has 0 bridgehead atoms. The molecule has 3 nitrogen and oxygen atoms in total. The van der Waals surface area contributed by atoms with Crippen LogP contribution in [0.3, 0.4) is 0 Å². The van der Waals surface area contributed by atoms with E-state index >= 15 is 0 Å². The number of hydrogen-bond donors (Lipinski definition) is 0. The van der Waals surface area contributed by atoms with Crippen LogP contribution in [0.2, 0.25) is 0 Å². The second-order valence-electron chi connectivity index (χ2n) is 6.45. The maximum absolute atomic E-state index is 14.2. The highest BCUT2D eigenvalue weighted by Gasteiger charge is 2.15. The quantitative estimate of drug-likeness (QED) is 0.692. The Labute approximate surface area is 135 Å². The number of hydrogen-bond acceptors (Lipinski definition) is 3. The van der Waals surface area contributed by atoms with Crippen LogP contribution in [0.15, 0.2) is 55.0 Å². The van der Waals surface area contributed by atoms with Crippen LogP contribution in [0, 0.1) is 5.82 Å². The zero-order valence-corrected chi connectivity index (χ0v) is 13.4. The van der Waals surface area contributed by atoms with Gasteiger partial charge in [0.05, 0.1) is 6.20 Å². The average Bonchev–Trinajstić information content (AvgIpc) is 2.55. The standard InChI is InChI=1S/C19H18FN3/c1-19(2,3)14-7-5-13(6-8-14)15-11-17(23-12-16(15)20)18-21-9-4-10-22-18/h4-12H,1-3H3. The molecule has 23 heavy (non-hydrogen) atoms. The van der Waals surface area contributed by atoms with Crippen molar-refractivity contribution in [2.24, 2.45) is 0 Å². The molecule has 3 rings (SSSR count). The van der Waals surface area contributed by atoms with E-state index in [2.05, 4.69) is 35.7 Å². The highest BCUT2D eigenvalue weighted by atomic mass is 19.1. The Kier molecular flexibility index (Phi) is 3.90. The molecular weight excluding hydrogens is 289 g/mol. The summed E-state index contributed by atoms with van der Waals surface area (Å²) in [5.74, 6) is 0.133. The predicted molar refractivity (Wildman–Crippen MR) is 89.4 cm³/mol. The Bertz CT molecular complexity index is 806. The smallest absolute Gasteiger partial charge is 0.178 e. The largest absolute Gasteiger partial charge is 0.250 e. The van der Waals surface area contributed by atoms with E-state index < -0.39 is 0 Å². The molecule has 0 amide bonds. The third-order valence-electron chi connectivity index (χ3n) is 3.71. The van der Waals surface area contributed by atoms with Gasteiger partial charge in [-0.25, -0.2) is 19.3 Å². The first kappa shape index (κ1) is 15.3. The second kappa shape index (κ2) is 5.88. The first-order valence-corrected chi connectivity index (χ1v) is 7.49. The summed E-state index contributed by atoms with van der Waals surface area (Å²) in [6.45, 7) is 6.46. The zero-order chi connectivity index (χ0) is 16.4. The summed E-state index contributed by atoms with van der Waals surface area (Å²) < 4.78 is 14.2. The van der Waals surface area contributed by atoms with Gasteiger partial charge in [0.25, 0.3) is 0 Å². The molecule has 0 aliphatic heterocycles. The van der Waals surface area contributed by atoms with Crippen LogP contribution in [0.1, 0.15) is 26.3 Å². The molecule has 0 unspecified atom stereocenters. The van der Waals surface area contributed by atoms with Crippen molar-refractivity contribution < 1.29 is 4.39 Å². The fraction of sp³-hybridized carbons (Fsp3) is 0.211. The number of benzene rings is 1. The molecule has 0 atom stereocenters. The Morgan fingerprint density at radius 1 is 0.913 bits per heavy atom. The Morgan fingerprint density at radius 3 is 2.17 bits per heavy atom. The van der Waals surface area contributed by atoms with Crippen LogP contribution in [0.5, 0.6) is 0 Å². The second-order valence-corrected chi connectivity index (χ2v) is 6.45. The average molecular weight is 307 g/mol. The van der Waals surface area contributed by atoms with Crippen molar-refractivity contribution in [3.63, 3.8) is 0 Å². The van der Waals surface area contributed by atoms with Gasteiger partial charge in [-0.1, -0.05) is 45.0 Å². The third-order valence-corrected chi connectivity index (χ3v) is 3.71. The van der Waals surface area contributed by atoms with Crippen molar-refractivity contribution in [3.05, 3.63) is 66.4 Å². The summed E-state index contributed by atoms with van der Waals surface area (Å²) in [5, 5.41) is 0. The van der Waals surface area contributed by atoms with Crippen LogP contribution in [0.25, 0.3) is 22.6 Å². The Hall–Kier alpha value is -2.62. The van der Waals surface area contributed by atoms with Gasteiger partial charge in [-0.3, -0.25) is 0 Å². The van der Waals surface area contributed by atoms with Crippen LogP contribution < -0.4 is 0 Å². The molecule has 0 N–H and O–H groups in total. The minimum atomic E-state index is -0.354. The maximum atomic E-state index is 14.2. The van der Waals surface area contributed by atoms with Gasteiger partial charge >= 0.3 is 0 Å². The number of rotatable bonds is 2. The van der Waals surface area contributed by atoms with Gasteiger partial charge < -0.3 is 0 Å². The number of pyridine rings is 1. The molecular formula is C19H18FN3. The van der Waals surface area contributed by atoms with E-state index in [9.17, 15) is 4.39 Å². The Morgan fingerprint density at radius 2 is 1.57 bits per heavy atom. The van der Waals surface area contributed by atoms with E-state index in [1.807, 2.05) is 24.3 Å². The summed E-state index contributed by atoms with van der Waals surface area (Å²) in [4.78, 5) is 12.4. The molecule has 0 spiro atoms. The maximum Gasteiger partial charge on any atom is 0.178 e. The summed E-state index contributed by atoms with van der Waals surface area (Å²) in [6, 6.07) is 11.4. The van der Waals surface area contributed by atoms with Gasteiger partial charge in [0.2, 0.25) is 0 Å². The molecule has 0 fully saturated rings. The molecule has 0 radical (unpaired) electrons. The third kappa shape index (κ3) is 3.26. The fourth-order valence-corrected chi connectivity index (χ4v) is 2.36. The van der Waals surface area contributed by atoms with E-state index in [1.54, 1.807) is 24.5 Å². The highest BCUT2D eigenvalue weighted by molar-refractivity contribution is 5.68. The summed E-state index contributed by atoms with van der Waals surface area (Å²) in [5.41, 5.74) is 3.15. The van der Waals surface area contributed by atoms with Crippen molar-refractivity contribution in [1.82, 2.24) is 15.0 Å². The summed E-state index contributed by atoms with van der Waals surface area (Å²) >= 11 is 0. The molecule has 1 aromatic carbocycles. The van der Waals surface area contributed by atoms with E-state index in [0.29, 0.717) is 17.1 Å². The lowest BCUT2D eigenvalue weighted by Crippen LogP contribution is -2.10. The Balaban J connectivity index is 2.03. The van der Waals surface area contributed by atoms with Crippen molar-refractivity contribution in [2.45, 2.75) is 26.2 Å². The van der Waals surface area contributed by atoms with Crippen LogP contribution in [0.4, 0.5) is 4.39 Å². The molecule has 2 heterocycles. The van der Waals surface area contributed by atoms with Gasteiger partial charge in [0.15, 0.2) is 5.82 Å². The van der Waals surface area contributed by atoms with E-state index in [4.69, 9.17) is 0 Å². The topological polar surface area (TPSA) is 38.7 Å². The molecule has 2 aromatic heterocycles. The number of halogens is 1. The van der Waals surface area contributed by atoms with Gasteiger partial charge in [-0.05, 0) is 28.7 Å². The van der Waals surface area contributed by atoms with Crippen LogP contribution in [-0.4, -0.2) is 15.0 Å². The monoisotopic (exact) mass is 307 g/mol. The molecule has 0 saturated carbocycles. The van der Waals surface area contributed by atoms with E-state index in [-0.39, 0.29) is 11.2 Å². The SMILES string of the molecule is CC(C)(C)c1ccc(-c2cc(-c3ncccn3)ncc2F)cc1. The lowest BCUT2D eigenvalue weighted by Gasteiger charge is -2.19. The highest BCUT2D eigenvalue weighted by Crippen LogP contribution is 2.29. The number of nitrogens with zero attached hydrogens (tertiary/aromatic N) is 3. The molecule has 0 saturated heterocycles. The van der Waals surface area contributed by atoms with E-state index in [0.717, 1.165) is 5.56 Å². The van der Waals surface area contributed by atoms with Crippen molar-refractivity contribution in [1.29, 1.82) is 0 Å². The molecule has 0 aliphatic carbocycles. The van der Waals surface area contributed by atoms with Crippen LogP contribution in [-0.2, 0) is 5.41 Å². The molecule has 116 valence electrons. The summed E-state index contributed by atoms with van der Waals surface area (Å²) in [7, 11) is 0. The molecule has 3 aromatic rings. The van der Waals surface area contributed by atoms with Crippen molar-refractivity contribution in [2.75, 3.05) is 0 Å². The number of aromatic nitrogens is 3. The van der Waals surface area contributed by atoms with E-state index in [1.165, 1.54) is 11.8 Å². The van der Waals surface area contributed by atoms with Crippen molar-refractivity contribution in [3.8, 4) is 22.6 Å². The van der Waals surface area contributed by atoms with Crippen molar-refractivity contribution >= 4 is 0 Å². The molecule has 4 heteroatoms. The normalized spacial score (nSPS) is 11.5. The summed E-state index contributed by atoms with van der Waals surface area (Å²) in [6.07, 6.45) is 4.51. The van der Waals surface area contributed by atoms with Gasteiger partial charge in [-0.2, -0.15) is 0 Å². The van der Waals surface area contributed by atoms with Gasteiger partial charge in [-0.15, -0.1) is 0 Å². The lowest BCUT2D eigenvalue weighted by molar-refractivity contribution is 0.590. The van der Waals surface area contributed by atoms with Crippen LogP contribution >= 0.6 is 0 Å². The minimum Gasteiger partial charge on any atom is -0.250 e. The fourth-order valence-electron chi connectivity index (χ4n) is 2.36. The van der Waals surface area contributed by atoms with Gasteiger partial charge in [0, 0.05) is 18.0 Å². The zero-order valence-electron chi connectivity index (χ0n) is 13.4. The minimum absolute atomic E-state index is 0.0678. The lowest BCUT2D eigenvalue weighted by atomic mass is 9.86. The first-order valence-electron chi connectivity index (χ1n) is 7.49. The molecule has 0 aliphatic rings. The predicted octanol–water partition coefficient (Wildman–Crippen LogP) is 4.64. The first-order chi connectivity index (χ1) is 10.9.